The summed E-state index contributed by atoms with van der Waals surface area (Å²) in [5, 5.41) is 0.546. The molecule has 0 aliphatic rings. The molecule has 8 heteroatoms. The zero-order valence-electron chi connectivity index (χ0n) is 17.9. The van der Waals surface area contributed by atoms with Crippen LogP contribution in [-0.2, 0) is 21.2 Å². The summed E-state index contributed by atoms with van der Waals surface area (Å²) in [5.41, 5.74) is 3.69. The van der Waals surface area contributed by atoms with Gasteiger partial charge in [0.25, 0.3) is 0 Å². The Kier molecular flexibility index (Phi) is 6.34. The molecule has 0 saturated heterocycles. The molecule has 0 atom stereocenters. The lowest BCUT2D eigenvalue weighted by molar-refractivity contribution is -0.118. The predicted molar refractivity (Wildman–Crippen MR) is 128 cm³/mol. The molecule has 1 amide bonds. The zero-order chi connectivity index (χ0) is 22.7. The Hall–Kier alpha value is -3.10. The van der Waals surface area contributed by atoms with Crippen molar-refractivity contribution >= 4 is 42.4 Å². The van der Waals surface area contributed by atoms with Gasteiger partial charge in [-0.05, 0) is 49.2 Å². The smallest absolute Gasteiger partial charge is 0.230 e. The van der Waals surface area contributed by atoms with Crippen LogP contribution in [-0.4, -0.2) is 30.0 Å². The van der Waals surface area contributed by atoms with Crippen molar-refractivity contribution in [3.05, 3.63) is 83.7 Å². The number of benzene rings is 2. The first kappa shape index (κ1) is 22.1. The highest BCUT2D eigenvalue weighted by Crippen LogP contribution is 2.34. The second-order valence-electron chi connectivity index (χ2n) is 7.56. The Balaban J connectivity index is 1.65. The molecule has 2 aromatic carbocycles. The van der Waals surface area contributed by atoms with Gasteiger partial charge >= 0.3 is 0 Å². The number of amides is 1. The Morgan fingerprint density at radius 2 is 1.69 bits per heavy atom. The molecule has 32 heavy (non-hydrogen) atoms. The molecule has 0 spiro atoms. The van der Waals surface area contributed by atoms with Crippen LogP contribution in [0, 0.1) is 13.8 Å². The summed E-state index contributed by atoms with van der Waals surface area (Å²) in [7, 11) is -3.56. The van der Waals surface area contributed by atoms with Crippen molar-refractivity contribution in [3.63, 3.8) is 0 Å². The molecule has 4 aromatic rings. The SMILES string of the molecule is Cc1ccc(C)c2sc(N(Cc3ccccn3)C(=O)CCS(=O)(=O)c3ccccc3)nc12. The van der Waals surface area contributed by atoms with Crippen LogP contribution in [0.1, 0.15) is 23.2 Å². The number of thiazole rings is 1. The number of carbonyl (C=O) groups is 1. The molecular weight excluding hydrogens is 442 g/mol. The molecule has 0 aliphatic carbocycles. The third-order valence-electron chi connectivity index (χ3n) is 5.20. The van der Waals surface area contributed by atoms with E-state index in [2.05, 4.69) is 4.98 Å². The number of hydrogen-bond acceptors (Lipinski definition) is 6. The fraction of sp³-hybridized carbons (Fsp3) is 0.208. The Bertz CT molecular complexity index is 1310. The zero-order valence-corrected chi connectivity index (χ0v) is 19.5. The van der Waals surface area contributed by atoms with Crippen molar-refractivity contribution in [3.8, 4) is 0 Å². The monoisotopic (exact) mass is 465 g/mol. The van der Waals surface area contributed by atoms with Gasteiger partial charge < -0.3 is 0 Å². The predicted octanol–water partition coefficient (Wildman–Crippen LogP) is 4.71. The highest BCUT2D eigenvalue weighted by atomic mass is 32.2. The van der Waals surface area contributed by atoms with E-state index >= 15 is 0 Å². The minimum Gasteiger partial charge on any atom is -0.282 e. The van der Waals surface area contributed by atoms with Crippen molar-refractivity contribution in [1.29, 1.82) is 0 Å². The van der Waals surface area contributed by atoms with E-state index in [0.717, 1.165) is 21.3 Å². The van der Waals surface area contributed by atoms with Crippen molar-refractivity contribution in [1.82, 2.24) is 9.97 Å². The third-order valence-corrected chi connectivity index (χ3v) is 8.14. The van der Waals surface area contributed by atoms with E-state index in [-0.39, 0.29) is 29.5 Å². The molecule has 2 aromatic heterocycles. The van der Waals surface area contributed by atoms with E-state index < -0.39 is 9.84 Å². The molecule has 0 fully saturated rings. The Labute approximate surface area is 191 Å². The first-order chi connectivity index (χ1) is 15.3. The second kappa shape index (κ2) is 9.18. The third kappa shape index (κ3) is 4.71. The van der Waals surface area contributed by atoms with E-state index in [9.17, 15) is 13.2 Å². The maximum Gasteiger partial charge on any atom is 0.230 e. The first-order valence-electron chi connectivity index (χ1n) is 10.2. The van der Waals surface area contributed by atoms with Crippen LogP contribution in [0.5, 0.6) is 0 Å². The van der Waals surface area contributed by atoms with Crippen molar-refractivity contribution in [2.45, 2.75) is 31.7 Å². The van der Waals surface area contributed by atoms with E-state index in [1.165, 1.54) is 11.3 Å². The summed E-state index contributed by atoms with van der Waals surface area (Å²) in [6.45, 7) is 4.23. The largest absolute Gasteiger partial charge is 0.282 e. The van der Waals surface area contributed by atoms with Crippen molar-refractivity contribution in [2.75, 3.05) is 10.7 Å². The number of fused-ring (bicyclic) bond motifs is 1. The average molecular weight is 466 g/mol. The molecule has 164 valence electrons. The lowest BCUT2D eigenvalue weighted by Gasteiger charge is -2.19. The van der Waals surface area contributed by atoms with Crippen LogP contribution in [0.15, 0.2) is 71.8 Å². The van der Waals surface area contributed by atoms with Gasteiger partial charge in [0.15, 0.2) is 15.0 Å². The van der Waals surface area contributed by atoms with Crippen molar-refractivity contribution < 1.29 is 13.2 Å². The number of carbonyl (C=O) groups excluding carboxylic acids is 1. The molecule has 2 heterocycles. The molecule has 0 aliphatic heterocycles. The normalized spacial score (nSPS) is 11.6. The number of anilines is 1. The minimum atomic E-state index is -3.56. The van der Waals surface area contributed by atoms with Gasteiger partial charge in [0.05, 0.1) is 33.1 Å². The number of sulfone groups is 1. The number of rotatable bonds is 7. The van der Waals surface area contributed by atoms with Gasteiger partial charge in [0.2, 0.25) is 5.91 Å². The van der Waals surface area contributed by atoms with Gasteiger partial charge in [-0.1, -0.05) is 47.7 Å². The maximum absolute atomic E-state index is 13.3. The standard InChI is InChI=1S/C24H23N3O3S2/c1-17-11-12-18(2)23-22(17)26-24(31-23)27(16-19-8-6-7-14-25-19)21(28)13-15-32(29,30)20-9-4-3-5-10-20/h3-12,14H,13,15-16H2,1-2H3. The number of hydrogen-bond donors (Lipinski definition) is 0. The lowest BCUT2D eigenvalue weighted by atomic mass is 10.1. The number of aryl methyl sites for hydroxylation is 2. The highest BCUT2D eigenvalue weighted by Gasteiger charge is 2.24. The Morgan fingerprint density at radius 3 is 2.38 bits per heavy atom. The summed E-state index contributed by atoms with van der Waals surface area (Å²) < 4.78 is 26.4. The minimum absolute atomic E-state index is 0.141. The average Bonchev–Trinajstić information content (AvgIpc) is 3.26. The van der Waals surface area contributed by atoms with E-state index in [0.29, 0.717) is 10.8 Å². The van der Waals surface area contributed by atoms with Crippen LogP contribution >= 0.6 is 11.3 Å². The van der Waals surface area contributed by atoms with Gasteiger partial charge in [-0.3, -0.25) is 14.7 Å². The molecule has 0 radical (unpaired) electrons. The Morgan fingerprint density at radius 1 is 0.969 bits per heavy atom. The number of pyridine rings is 1. The second-order valence-corrected chi connectivity index (χ2v) is 10.6. The molecule has 0 unspecified atom stereocenters. The summed E-state index contributed by atoms with van der Waals surface area (Å²) in [6, 6.07) is 17.8. The van der Waals surface area contributed by atoms with Gasteiger partial charge in [-0.25, -0.2) is 13.4 Å². The number of aromatic nitrogens is 2. The molecule has 0 saturated carbocycles. The summed E-state index contributed by atoms with van der Waals surface area (Å²) in [4.78, 5) is 24.1. The van der Waals surface area contributed by atoms with Gasteiger partial charge in [0.1, 0.15) is 0 Å². The fourth-order valence-corrected chi connectivity index (χ4v) is 5.76. The first-order valence-corrected chi connectivity index (χ1v) is 12.7. The van der Waals surface area contributed by atoms with Crippen molar-refractivity contribution in [2.24, 2.45) is 0 Å². The maximum atomic E-state index is 13.3. The number of nitrogens with zero attached hydrogens (tertiary/aromatic N) is 3. The van der Waals surface area contributed by atoms with Gasteiger partial charge in [0, 0.05) is 12.6 Å². The van der Waals surface area contributed by atoms with Crippen LogP contribution in [0.3, 0.4) is 0 Å². The van der Waals surface area contributed by atoms with Gasteiger partial charge in [-0.2, -0.15) is 0 Å². The van der Waals surface area contributed by atoms with E-state index in [1.807, 2.05) is 44.2 Å². The lowest BCUT2D eigenvalue weighted by Crippen LogP contribution is -2.32. The molecular formula is C24H23N3O3S2. The topological polar surface area (TPSA) is 80.2 Å². The van der Waals surface area contributed by atoms with Crippen LogP contribution in [0.4, 0.5) is 5.13 Å². The van der Waals surface area contributed by atoms with E-state index in [4.69, 9.17) is 4.98 Å². The van der Waals surface area contributed by atoms with E-state index in [1.54, 1.807) is 41.4 Å². The molecule has 0 bridgehead atoms. The molecule has 6 nitrogen and oxygen atoms in total. The molecule has 4 rings (SSSR count). The quantitative estimate of drug-likeness (QED) is 0.395. The van der Waals surface area contributed by atoms with Crippen LogP contribution in [0.25, 0.3) is 10.2 Å². The molecule has 0 N–H and O–H groups in total. The summed E-state index contributed by atoms with van der Waals surface area (Å²) >= 11 is 1.44. The van der Waals surface area contributed by atoms with Crippen LogP contribution < -0.4 is 4.90 Å². The summed E-state index contributed by atoms with van der Waals surface area (Å²) in [5.74, 6) is -0.568. The fourth-order valence-electron chi connectivity index (χ4n) is 3.38. The van der Waals surface area contributed by atoms with Crippen LogP contribution in [0.2, 0.25) is 0 Å². The highest BCUT2D eigenvalue weighted by molar-refractivity contribution is 7.91. The summed E-state index contributed by atoms with van der Waals surface area (Å²) in [6.07, 6.45) is 1.53. The van der Waals surface area contributed by atoms with Gasteiger partial charge in [-0.15, -0.1) is 0 Å².